The number of phosphoric ester groups is 2. The monoisotopic (exact) mass is 1630 g/mol. The second-order valence-corrected chi connectivity index (χ2v) is 32.9. The molecule has 0 aliphatic carbocycles. The molecule has 0 aliphatic rings. The van der Waals surface area contributed by atoms with E-state index in [-0.39, 0.29) is 163 Å². The first-order valence-electron chi connectivity index (χ1n) is 43.7. The maximum absolute atomic E-state index is 13.3. The molecule has 640 valence electrons. The van der Waals surface area contributed by atoms with Crippen molar-refractivity contribution in [2.24, 2.45) is 0 Å². The largest absolute Gasteiger partial charge is 1.00 e. The van der Waals surface area contributed by atoms with Crippen molar-refractivity contribution >= 4 is 57.0 Å². The number of Topliss-reactive ketones (excluding diaryl/α,β-unsaturated/α-hetero) is 2. The standard InChI is InChI=1S/C83H160N4O19P2.2Na.2H/c1-7-13-19-25-29-33-37-43-47-53-75(88)67-79(90)86-73(69-99-63-59-77(55-49-41-23-17-11-5)105-81(92)57-51-45-39-35-31-27-21-15-9-3)71-103-107(95,96)101-65-61-84-83(94)85-62-66-102-108(97,98)104-72-74(87-80(91)68-76(89)54-48-44-38-34-30-26-20-14-8-2)70-100-64-60-78(56-50-42-24-18-12-6)106-82(93)58-52-46-40-36-32-28-22-16-10-4;;;;/h73-74,77-78H,7-72H2,1-6H3,(H,86,90)(H,87,91)(H,95,96)(H,97,98)(H2,84,85,94);;;;/q;2*+1;2*-1/t73-,74+,77-,78-;;;;/m1..../s1. The number of rotatable bonds is 84. The molecule has 0 spiro atoms. The summed E-state index contributed by atoms with van der Waals surface area (Å²) in [5.74, 6) is -2.09. The van der Waals surface area contributed by atoms with Crippen LogP contribution >= 0.6 is 15.6 Å². The molecule has 0 saturated carbocycles. The SMILES string of the molecule is CCCCCCCCCCCC(=O)CC(=O)N[C@H](COCC[C@@H](CCCCCCC)OC(=O)CCCCCCCCCCC)COP(=O)(O)OCCNC(=O)NCCOP(=O)(O)OC[C@H](COCC[C@@H](CCCCCCC)OC(=O)CCCCCCCCCCC)NC(=O)CC(=O)CCCCCCCCCCC.[H-].[H-].[Na+].[Na+]. The fourth-order valence-electron chi connectivity index (χ4n) is 12.8. The van der Waals surface area contributed by atoms with E-state index in [1.54, 1.807) is 0 Å². The van der Waals surface area contributed by atoms with Gasteiger partial charge in [0.1, 0.15) is 23.8 Å². The third kappa shape index (κ3) is 79.1. The molecule has 0 aromatic heterocycles. The van der Waals surface area contributed by atoms with Crippen LogP contribution in [0.25, 0.3) is 0 Å². The molecule has 23 nitrogen and oxygen atoms in total. The molecule has 0 radical (unpaired) electrons. The van der Waals surface area contributed by atoms with Gasteiger partial charge in [0.05, 0.1) is 77.8 Å². The van der Waals surface area contributed by atoms with Crippen molar-refractivity contribution in [3.05, 3.63) is 0 Å². The molecule has 0 bridgehead atoms. The zero-order chi connectivity index (χ0) is 79.5. The van der Waals surface area contributed by atoms with E-state index in [0.717, 1.165) is 141 Å². The van der Waals surface area contributed by atoms with E-state index in [2.05, 4.69) is 62.8 Å². The van der Waals surface area contributed by atoms with E-state index < -0.39 is 72.0 Å². The molecule has 4 amide bonds. The summed E-state index contributed by atoms with van der Waals surface area (Å²) >= 11 is 0. The van der Waals surface area contributed by atoms with Gasteiger partial charge < -0.3 is 52.9 Å². The second kappa shape index (κ2) is 82.7. The molecule has 6 atom stereocenters. The maximum atomic E-state index is 13.3. The molecule has 110 heavy (non-hydrogen) atoms. The summed E-state index contributed by atoms with van der Waals surface area (Å²) in [6.45, 7) is 10.5. The van der Waals surface area contributed by atoms with Gasteiger partial charge in [-0.1, -0.05) is 298 Å². The Kier molecular flexibility index (Phi) is 84.8. The number of ketones is 2. The predicted molar refractivity (Wildman–Crippen MR) is 435 cm³/mol. The van der Waals surface area contributed by atoms with Crippen LogP contribution in [-0.2, 0) is 74.9 Å². The quantitative estimate of drug-likeness (QED) is 0.0108. The van der Waals surface area contributed by atoms with E-state index in [1.165, 1.54) is 141 Å². The fourth-order valence-corrected chi connectivity index (χ4v) is 14.3. The molecule has 27 heteroatoms. The molecule has 0 fully saturated rings. The Balaban J connectivity index is -0.00000954. The van der Waals surface area contributed by atoms with Crippen molar-refractivity contribution in [1.82, 2.24) is 21.3 Å². The second-order valence-electron chi connectivity index (χ2n) is 30.0. The van der Waals surface area contributed by atoms with Gasteiger partial charge in [-0.05, 0) is 51.4 Å². The minimum absolute atomic E-state index is 0. The Labute approximate surface area is 715 Å². The zero-order valence-corrected chi connectivity index (χ0v) is 77.0. The number of carbonyl (C=O) groups is 7. The van der Waals surface area contributed by atoms with Crippen LogP contribution in [0, 0.1) is 0 Å². The van der Waals surface area contributed by atoms with Gasteiger partial charge in [0.25, 0.3) is 0 Å². The van der Waals surface area contributed by atoms with Crippen LogP contribution < -0.4 is 80.4 Å². The van der Waals surface area contributed by atoms with E-state index in [4.69, 9.17) is 37.0 Å². The third-order valence-corrected chi connectivity index (χ3v) is 21.3. The number of hydrogen-bond donors (Lipinski definition) is 6. The fraction of sp³-hybridized carbons (Fsp3) is 0.916. The van der Waals surface area contributed by atoms with E-state index >= 15 is 0 Å². The Morgan fingerprint density at radius 3 is 0.855 bits per heavy atom. The van der Waals surface area contributed by atoms with Crippen molar-refractivity contribution in [3.63, 3.8) is 0 Å². The van der Waals surface area contributed by atoms with Gasteiger partial charge in [0.15, 0.2) is 0 Å². The number of phosphoric acid groups is 2. The molecule has 0 aliphatic heterocycles. The number of urea groups is 1. The molecule has 0 rings (SSSR count). The van der Waals surface area contributed by atoms with Crippen LogP contribution in [0.4, 0.5) is 4.79 Å². The number of unbranched alkanes of at least 4 members (excludes halogenated alkanes) is 40. The minimum Gasteiger partial charge on any atom is -1.00 e. The van der Waals surface area contributed by atoms with Gasteiger partial charge in [0, 0.05) is 51.6 Å². The van der Waals surface area contributed by atoms with Crippen LogP contribution in [0.1, 0.15) is 404 Å². The van der Waals surface area contributed by atoms with Crippen LogP contribution in [0.15, 0.2) is 0 Å². The molecule has 0 aromatic carbocycles. The number of nitrogens with one attached hydrogen (secondary N) is 4. The number of esters is 2. The van der Waals surface area contributed by atoms with Gasteiger partial charge in [-0.3, -0.25) is 46.9 Å². The van der Waals surface area contributed by atoms with E-state index in [0.29, 0.717) is 51.4 Å². The molecule has 6 N–H and O–H groups in total. The Hall–Kier alpha value is -1.37. The van der Waals surface area contributed by atoms with Crippen molar-refractivity contribution in [2.75, 3.05) is 65.9 Å². The van der Waals surface area contributed by atoms with Crippen LogP contribution in [0.5, 0.6) is 0 Å². The molecule has 0 saturated heterocycles. The van der Waals surface area contributed by atoms with E-state index in [9.17, 15) is 52.5 Å². The summed E-state index contributed by atoms with van der Waals surface area (Å²) < 4.78 is 71.2. The van der Waals surface area contributed by atoms with Gasteiger partial charge in [0.2, 0.25) is 11.8 Å². The van der Waals surface area contributed by atoms with Crippen molar-refractivity contribution in [3.8, 4) is 0 Å². The van der Waals surface area contributed by atoms with E-state index in [1.807, 2.05) is 0 Å². The molecular formula is C83H162N4Na2O19P2. The number of carbonyl (C=O) groups excluding carboxylic acids is 7. The smallest absolute Gasteiger partial charge is 1.00 e. The minimum atomic E-state index is -4.80. The summed E-state index contributed by atoms with van der Waals surface area (Å²) in [5.41, 5.74) is 0. The summed E-state index contributed by atoms with van der Waals surface area (Å²) in [4.78, 5) is 113. The molecule has 0 aromatic rings. The summed E-state index contributed by atoms with van der Waals surface area (Å²) in [6.07, 6.45) is 52.3. The first kappa shape index (κ1) is 113. The van der Waals surface area contributed by atoms with Gasteiger partial charge in [-0.25, -0.2) is 13.9 Å². The van der Waals surface area contributed by atoms with Crippen LogP contribution in [0.2, 0.25) is 0 Å². The number of amides is 4. The number of hydrogen-bond acceptors (Lipinski definition) is 17. The Bertz CT molecular complexity index is 2150. The first-order chi connectivity index (χ1) is 52.3. The van der Waals surface area contributed by atoms with Gasteiger partial charge in [-0.15, -0.1) is 0 Å². The molecular weight excluding hydrogens is 1460 g/mol. The first-order valence-corrected chi connectivity index (χ1v) is 46.7. The van der Waals surface area contributed by atoms with Crippen molar-refractivity contribution in [2.45, 2.75) is 425 Å². The van der Waals surface area contributed by atoms with Crippen molar-refractivity contribution in [1.29, 1.82) is 0 Å². The normalized spacial score (nSPS) is 13.5. The van der Waals surface area contributed by atoms with Gasteiger partial charge >= 0.3 is 92.7 Å². The van der Waals surface area contributed by atoms with Crippen molar-refractivity contribution < 1.29 is 151 Å². The average Bonchev–Trinajstić information content (AvgIpc) is 0.911. The molecule has 0 heterocycles. The predicted octanol–water partition coefficient (Wildman–Crippen LogP) is 14.7. The summed E-state index contributed by atoms with van der Waals surface area (Å²) in [7, 11) is -9.60. The van der Waals surface area contributed by atoms with Crippen LogP contribution in [-0.4, -0.2) is 141 Å². The average molecular weight is 1630 g/mol. The summed E-state index contributed by atoms with van der Waals surface area (Å²) in [5, 5.41) is 10.3. The third-order valence-electron chi connectivity index (χ3n) is 19.4. The topological polar surface area (TPSA) is 316 Å². The summed E-state index contributed by atoms with van der Waals surface area (Å²) in [6, 6.07) is -2.73. The van der Waals surface area contributed by atoms with Crippen LogP contribution in [0.3, 0.4) is 0 Å². The Morgan fingerprint density at radius 2 is 0.573 bits per heavy atom. The van der Waals surface area contributed by atoms with Gasteiger partial charge in [-0.2, -0.15) is 0 Å². The zero-order valence-electron chi connectivity index (χ0n) is 73.2. The molecule has 2 unspecified atom stereocenters. The number of ether oxygens (including phenoxy) is 4. The Morgan fingerprint density at radius 1 is 0.318 bits per heavy atom. The maximum Gasteiger partial charge on any atom is 1.00 e.